The van der Waals surface area contributed by atoms with Crippen molar-refractivity contribution < 1.29 is 14.0 Å². The molecule has 0 radical (unpaired) electrons. The summed E-state index contributed by atoms with van der Waals surface area (Å²) in [5.41, 5.74) is 2.47. The Labute approximate surface area is 146 Å². The van der Waals surface area contributed by atoms with Gasteiger partial charge in [-0.25, -0.2) is 4.39 Å². The van der Waals surface area contributed by atoms with E-state index in [0.717, 1.165) is 18.4 Å². The monoisotopic (exact) mass is 343 g/mol. The number of halogens is 1. The highest BCUT2D eigenvalue weighted by molar-refractivity contribution is 6.43. The topological polar surface area (TPSA) is 55.2 Å². The van der Waals surface area contributed by atoms with Crippen LogP contribution in [0.3, 0.4) is 0 Å². The highest BCUT2D eigenvalue weighted by Gasteiger charge is 2.36. The first-order chi connectivity index (χ1) is 11.9. The summed E-state index contributed by atoms with van der Waals surface area (Å²) in [5, 5.41) is 4.22. The molecule has 1 aliphatic carbocycles. The number of nitrogens with zero attached hydrogens (tertiary/aromatic N) is 3. The molecule has 5 nitrogen and oxygen atoms in total. The van der Waals surface area contributed by atoms with Crippen LogP contribution in [-0.4, -0.2) is 39.0 Å². The summed E-state index contributed by atoms with van der Waals surface area (Å²) >= 11 is 0. The number of benzene rings is 1. The molecule has 0 bridgehead atoms. The Balaban J connectivity index is 1.76. The molecular weight excluding hydrogens is 321 g/mol. The van der Waals surface area contributed by atoms with Gasteiger partial charge in [0.1, 0.15) is 5.82 Å². The average molecular weight is 343 g/mol. The summed E-state index contributed by atoms with van der Waals surface area (Å²) in [6.45, 7) is 3.94. The molecule has 1 aromatic carbocycles. The lowest BCUT2D eigenvalue weighted by Gasteiger charge is -2.21. The van der Waals surface area contributed by atoms with Crippen molar-refractivity contribution in [3.63, 3.8) is 0 Å². The van der Waals surface area contributed by atoms with Crippen LogP contribution in [0.1, 0.15) is 40.2 Å². The van der Waals surface area contributed by atoms with Crippen LogP contribution in [0.15, 0.2) is 24.3 Å². The van der Waals surface area contributed by atoms with E-state index in [1.54, 1.807) is 36.5 Å². The van der Waals surface area contributed by atoms with Crippen LogP contribution in [0.25, 0.3) is 0 Å². The van der Waals surface area contributed by atoms with Crippen molar-refractivity contribution in [3.8, 4) is 0 Å². The van der Waals surface area contributed by atoms with Gasteiger partial charge in [0.05, 0.1) is 11.3 Å². The summed E-state index contributed by atoms with van der Waals surface area (Å²) in [6.07, 6.45) is 2.35. The number of carbonyl (C=O) groups is 2. The molecule has 25 heavy (non-hydrogen) atoms. The molecule has 1 amide bonds. The summed E-state index contributed by atoms with van der Waals surface area (Å²) < 4.78 is 14.9. The zero-order chi connectivity index (χ0) is 18.1. The third-order valence-corrected chi connectivity index (χ3v) is 4.71. The lowest BCUT2D eigenvalue weighted by molar-refractivity contribution is -0.127. The molecule has 2 aromatic rings. The number of amides is 1. The number of rotatable bonds is 6. The van der Waals surface area contributed by atoms with Crippen LogP contribution < -0.4 is 0 Å². The van der Waals surface area contributed by atoms with E-state index in [-0.39, 0.29) is 11.9 Å². The van der Waals surface area contributed by atoms with Crippen molar-refractivity contribution in [1.82, 2.24) is 14.7 Å². The number of hydrogen-bond acceptors (Lipinski definition) is 3. The maximum atomic E-state index is 13.3. The first-order valence-electron chi connectivity index (χ1n) is 8.48. The van der Waals surface area contributed by atoms with Crippen molar-refractivity contribution in [1.29, 1.82) is 0 Å². The zero-order valence-corrected chi connectivity index (χ0v) is 14.8. The van der Waals surface area contributed by atoms with E-state index < -0.39 is 11.7 Å². The molecular formula is C19H22FN3O2. The van der Waals surface area contributed by atoms with Crippen molar-refractivity contribution >= 4 is 11.7 Å². The normalized spacial score (nSPS) is 13.8. The number of carbonyl (C=O) groups excluding carboxylic acids is 2. The van der Waals surface area contributed by atoms with Crippen molar-refractivity contribution in [2.75, 3.05) is 6.54 Å². The fourth-order valence-corrected chi connectivity index (χ4v) is 3.12. The minimum absolute atomic E-state index is 0.113. The molecule has 1 aromatic heterocycles. The minimum atomic E-state index is -0.505. The van der Waals surface area contributed by atoms with E-state index >= 15 is 0 Å². The van der Waals surface area contributed by atoms with Gasteiger partial charge in [0.25, 0.3) is 11.7 Å². The van der Waals surface area contributed by atoms with Gasteiger partial charge in [0.2, 0.25) is 0 Å². The summed E-state index contributed by atoms with van der Waals surface area (Å²) in [6, 6.07) is 6.46. The highest BCUT2D eigenvalue weighted by atomic mass is 19.1. The largest absolute Gasteiger partial charge is 0.332 e. The van der Waals surface area contributed by atoms with Gasteiger partial charge in [0, 0.05) is 25.3 Å². The Hall–Kier alpha value is -2.50. The SMILES string of the molecule is Cc1nn(C)c(C)c1C(=O)C(=O)N(CCc1cccc(F)c1)C1CC1. The maximum absolute atomic E-state index is 13.3. The van der Waals surface area contributed by atoms with Gasteiger partial charge in [-0.05, 0) is 50.8 Å². The smallest absolute Gasteiger partial charge is 0.295 e. The minimum Gasteiger partial charge on any atom is -0.332 e. The van der Waals surface area contributed by atoms with Crippen molar-refractivity contribution in [2.24, 2.45) is 7.05 Å². The van der Waals surface area contributed by atoms with Gasteiger partial charge < -0.3 is 4.90 Å². The van der Waals surface area contributed by atoms with Crippen LogP contribution in [-0.2, 0) is 18.3 Å². The molecule has 0 spiro atoms. The summed E-state index contributed by atoms with van der Waals surface area (Å²) in [7, 11) is 1.76. The van der Waals surface area contributed by atoms with Crippen LogP contribution >= 0.6 is 0 Å². The lowest BCUT2D eigenvalue weighted by atomic mass is 10.1. The second-order valence-electron chi connectivity index (χ2n) is 6.61. The summed E-state index contributed by atoms with van der Waals surface area (Å²) in [4.78, 5) is 27.2. The van der Waals surface area contributed by atoms with E-state index in [1.807, 2.05) is 6.07 Å². The van der Waals surface area contributed by atoms with Gasteiger partial charge in [-0.1, -0.05) is 12.1 Å². The van der Waals surface area contributed by atoms with Gasteiger partial charge in [-0.15, -0.1) is 0 Å². The van der Waals surface area contributed by atoms with E-state index in [1.165, 1.54) is 12.1 Å². The van der Waals surface area contributed by atoms with Gasteiger partial charge in [0.15, 0.2) is 0 Å². The van der Waals surface area contributed by atoms with Crippen LogP contribution in [0.4, 0.5) is 4.39 Å². The second-order valence-corrected chi connectivity index (χ2v) is 6.61. The first kappa shape index (κ1) is 17.3. The molecule has 0 aliphatic heterocycles. The molecule has 3 rings (SSSR count). The number of aryl methyl sites for hydroxylation is 2. The lowest BCUT2D eigenvalue weighted by Crippen LogP contribution is -2.40. The Morgan fingerprint density at radius 2 is 2.04 bits per heavy atom. The van der Waals surface area contributed by atoms with E-state index in [0.29, 0.717) is 29.9 Å². The Morgan fingerprint density at radius 1 is 1.32 bits per heavy atom. The van der Waals surface area contributed by atoms with Crippen LogP contribution in [0.2, 0.25) is 0 Å². The van der Waals surface area contributed by atoms with Gasteiger partial charge in [-0.3, -0.25) is 14.3 Å². The molecule has 132 valence electrons. The van der Waals surface area contributed by atoms with Crippen LogP contribution in [0, 0.1) is 19.7 Å². The van der Waals surface area contributed by atoms with E-state index in [2.05, 4.69) is 5.10 Å². The second kappa shape index (κ2) is 6.78. The maximum Gasteiger partial charge on any atom is 0.295 e. The molecule has 0 saturated heterocycles. The van der Waals surface area contributed by atoms with E-state index in [9.17, 15) is 14.0 Å². The molecule has 6 heteroatoms. The predicted molar refractivity (Wildman–Crippen MR) is 91.9 cm³/mol. The number of Topliss-reactive ketones (excluding diaryl/α,β-unsaturated/α-hetero) is 1. The Bertz CT molecular complexity index is 824. The Morgan fingerprint density at radius 3 is 2.60 bits per heavy atom. The molecule has 0 N–H and O–H groups in total. The molecule has 1 fully saturated rings. The highest BCUT2D eigenvalue weighted by Crippen LogP contribution is 2.28. The predicted octanol–water partition coefficient (Wildman–Crippen LogP) is 2.59. The number of aromatic nitrogens is 2. The molecule has 0 unspecified atom stereocenters. The summed E-state index contributed by atoms with van der Waals surface area (Å²) in [5.74, 6) is -1.29. The molecule has 0 atom stereocenters. The molecule has 1 aliphatic rings. The number of ketones is 1. The van der Waals surface area contributed by atoms with Gasteiger partial charge in [-0.2, -0.15) is 5.10 Å². The third-order valence-electron chi connectivity index (χ3n) is 4.71. The standard InChI is InChI=1S/C19H22FN3O2/c1-12-17(13(2)22(3)21-12)18(24)19(25)23(16-7-8-16)10-9-14-5-4-6-15(20)11-14/h4-6,11,16H,7-10H2,1-3H3. The van der Waals surface area contributed by atoms with Crippen molar-refractivity contribution in [2.45, 2.75) is 39.2 Å². The first-order valence-corrected chi connectivity index (χ1v) is 8.48. The van der Waals surface area contributed by atoms with Crippen LogP contribution in [0.5, 0.6) is 0 Å². The van der Waals surface area contributed by atoms with Gasteiger partial charge >= 0.3 is 0 Å². The third kappa shape index (κ3) is 3.62. The molecule has 1 saturated carbocycles. The zero-order valence-electron chi connectivity index (χ0n) is 14.8. The quantitative estimate of drug-likeness (QED) is 0.598. The number of hydrogen-bond donors (Lipinski definition) is 0. The molecule has 1 heterocycles. The van der Waals surface area contributed by atoms with Crippen molar-refractivity contribution in [3.05, 3.63) is 52.6 Å². The fraction of sp³-hybridized carbons (Fsp3) is 0.421. The van der Waals surface area contributed by atoms with E-state index in [4.69, 9.17) is 0 Å². The fourth-order valence-electron chi connectivity index (χ4n) is 3.12. The average Bonchev–Trinajstić information content (AvgIpc) is 3.35. The Kier molecular flexibility index (Phi) is 4.70.